The Bertz CT molecular complexity index is 222. The van der Waals surface area contributed by atoms with E-state index >= 15 is 0 Å². The normalized spacial score (nSPS) is 9.00. The maximum atomic E-state index is 12.6. The summed E-state index contributed by atoms with van der Waals surface area (Å²) in [7, 11) is 0. The van der Waals surface area contributed by atoms with Crippen molar-refractivity contribution in [3.05, 3.63) is 34.6 Å². The second-order valence-corrected chi connectivity index (χ2v) is 2.18. The van der Waals surface area contributed by atoms with Crippen molar-refractivity contribution in [2.75, 3.05) is 0 Å². The van der Waals surface area contributed by atoms with E-state index in [2.05, 4.69) is 6.07 Å². The predicted molar refractivity (Wildman–Crippen MR) is 36.2 cm³/mol. The molecular formula is C7H5ClFLiO. The molecule has 1 aromatic carbocycles. The van der Waals surface area contributed by atoms with Gasteiger partial charge in [-0.25, -0.2) is 4.39 Å². The Morgan fingerprint density at radius 2 is 2.27 bits per heavy atom. The molecule has 0 unspecified atom stereocenters. The summed E-state index contributed by atoms with van der Waals surface area (Å²) in [5, 5.41) is 8.79. The van der Waals surface area contributed by atoms with E-state index in [1.807, 2.05) is 0 Å². The number of hydrogen-bond donors (Lipinski definition) is 1. The standard InChI is InChI=1S/C7H5ClFO.Li/c8-6-2-1-3-7(9)5(6)4-10;/h1-2,10H,4H2;/q-1;+1. The molecule has 1 nitrogen and oxygen atoms in total. The Morgan fingerprint density at radius 1 is 1.64 bits per heavy atom. The Labute approximate surface area is 81.4 Å². The number of hydrogen-bond acceptors (Lipinski definition) is 1. The van der Waals surface area contributed by atoms with E-state index in [0.717, 1.165) is 0 Å². The maximum Gasteiger partial charge on any atom is 1.00 e. The third-order valence-electron chi connectivity index (χ3n) is 1.15. The van der Waals surface area contributed by atoms with Crippen LogP contribution < -0.4 is 18.9 Å². The van der Waals surface area contributed by atoms with Crippen molar-refractivity contribution in [1.82, 2.24) is 0 Å². The average Bonchev–Trinajstić information content (AvgIpc) is 1.88. The molecule has 0 aliphatic rings. The second-order valence-electron chi connectivity index (χ2n) is 1.78. The van der Waals surface area contributed by atoms with E-state index in [9.17, 15) is 4.39 Å². The van der Waals surface area contributed by atoms with Crippen LogP contribution in [0, 0.1) is 11.9 Å². The molecule has 0 amide bonds. The Morgan fingerprint density at radius 3 is 2.64 bits per heavy atom. The van der Waals surface area contributed by atoms with Crippen LogP contribution in [0.25, 0.3) is 0 Å². The molecule has 0 spiro atoms. The van der Waals surface area contributed by atoms with E-state index in [1.165, 1.54) is 12.1 Å². The Hall–Kier alpha value is -0.00260. The van der Waals surface area contributed by atoms with E-state index < -0.39 is 5.82 Å². The molecule has 0 aliphatic carbocycles. The molecule has 0 saturated heterocycles. The fourth-order valence-corrected chi connectivity index (χ4v) is 0.831. The van der Waals surface area contributed by atoms with Crippen molar-refractivity contribution < 1.29 is 28.4 Å². The first kappa shape index (κ1) is 11.0. The summed E-state index contributed by atoms with van der Waals surface area (Å²) >= 11 is 5.51. The first-order valence-electron chi connectivity index (χ1n) is 2.71. The second kappa shape index (κ2) is 4.79. The van der Waals surface area contributed by atoms with Crippen LogP contribution >= 0.6 is 11.6 Å². The van der Waals surface area contributed by atoms with Crippen molar-refractivity contribution in [3.8, 4) is 0 Å². The summed E-state index contributed by atoms with van der Waals surface area (Å²) < 4.78 is 12.6. The van der Waals surface area contributed by atoms with Gasteiger partial charge in [0.05, 0.1) is 0 Å². The van der Waals surface area contributed by atoms with Crippen molar-refractivity contribution in [2.45, 2.75) is 6.61 Å². The molecule has 1 aromatic rings. The van der Waals surface area contributed by atoms with Gasteiger partial charge in [-0.2, -0.15) is 12.1 Å². The zero-order chi connectivity index (χ0) is 7.56. The molecule has 0 aromatic heterocycles. The molecule has 0 bridgehead atoms. The van der Waals surface area contributed by atoms with E-state index in [0.29, 0.717) is 0 Å². The SMILES string of the molecule is OCc1c(F)[c-]ccc1Cl.[Li+]. The molecule has 0 aliphatic heterocycles. The van der Waals surface area contributed by atoms with Gasteiger partial charge in [0.25, 0.3) is 0 Å². The zero-order valence-electron chi connectivity index (χ0n) is 6.06. The minimum absolute atomic E-state index is 0. The van der Waals surface area contributed by atoms with Gasteiger partial charge in [-0.3, -0.25) is 0 Å². The van der Waals surface area contributed by atoms with Crippen molar-refractivity contribution in [1.29, 1.82) is 0 Å². The fraction of sp³-hybridized carbons (Fsp3) is 0.143. The molecule has 0 radical (unpaired) electrons. The summed E-state index contributed by atoms with van der Waals surface area (Å²) in [6.45, 7) is -0.387. The minimum atomic E-state index is -0.588. The molecule has 1 N–H and O–H groups in total. The van der Waals surface area contributed by atoms with Gasteiger partial charge in [-0.05, 0) is 0 Å². The van der Waals surface area contributed by atoms with Gasteiger partial charge in [0.2, 0.25) is 0 Å². The summed E-state index contributed by atoms with van der Waals surface area (Å²) in [5.41, 5.74) is 0.101. The Balaban J connectivity index is 0.000001000. The predicted octanol–water partition coefficient (Wildman–Crippen LogP) is -1.22. The fourth-order valence-electron chi connectivity index (χ4n) is 0.625. The third-order valence-corrected chi connectivity index (χ3v) is 1.51. The van der Waals surface area contributed by atoms with Crippen molar-refractivity contribution >= 4 is 11.6 Å². The number of aliphatic hydroxyl groups excluding tert-OH is 1. The number of benzene rings is 1. The molecule has 11 heavy (non-hydrogen) atoms. The van der Waals surface area contributed by atoms with Gasteiger partial charge in [0.15, 0.2) is 0 Å². The van der Waals surface area contributed by atoms with Crippen LogP contribution in [0.2, 0.25) is 5.02 Å². The number of aliphatic hydroxyl groups is 1. The quantitative estimate of drug-likeness (QED) is 0.410. The van der Waals surface area contributed by atoms with Gasteiger partial charge >= 0.3 is 18.9 Å². The summed E-state index contributed by atoms with van der Waals surface area (Å²) in [4.78, 5) is 0. The van der Waals surface area contributed by atoms with Crippen LogP contribution in [0.4, 0.5) is 4.39 Å². The molecule has 4 heteroatoms. The first-order chi connectivity index (χ1) is 4.75. The van der Waals surface area contributed by atoms with Gasteiger partial charge in [0.1, 0.15) is 0 Å². The zero-order valence-corrected chi connectivity index (χ0v) is 6.82. The Kier molecular flexibility index (Phi) is 4.79. The van der Waals surface area contributed by atoms with Gasteiger partial charge in [0, 0.05) is 12.4 Å². The molecule has 54 valence electrons. The van der Waals surface area contributed by atoms with E-state index in [1.54, 1.807) is 0 Å². The third kappa shape index (κ3) is 2.50. The summed E-state index contributed by atoms with van der Waals surface area (Å²) in [6, 6.07) is 5.13. The molecule has 0 fully saturated rings. The molecular weight excluding hydrogens is 161 g/mol. The molecule has 0 heterocycles. The monoisotopic (exact) mass is 166 g/mol. The maximum absolute atomic E-state index is 12.6. The van der Waals surface area contributed by atoms with Crippen molar-refractivity contribution in [2.24, 2.45) is 0 Å². The largest absolute Gasteiger partial charge is 1.00 e. The van der Waals surface area contributed by atoms with Crippen LogP contribution in [0.1, 0.15) is 5.56 Å². The summed E-state index contributed by atoms with van der Waals surface area (Å²) in [5.74, 6) is -0.588. The summed E-state index contributed by atoms with van der Waals surface area (Å²) in [6.07, 6.45) is 0. The van der Waals surface area contributed by atoms with Crippen molar-refractivity contribution in [3.63, 3.8) is 0 Å². The van der Waals surface area contributed by atoms with Crippen LogP contribution in [0.15, 0.2) is 12.1 Å². The molecule has 0 saturated carbocycles. The smallest absolute Gasteiger partial charge is 0.404 e. The van der Waals surface area contributed by atoms with Gasteiger partial charge in [-0.15, -0.1) is 17.7 Å². The minimum Gasteiger partial charge on any atom is -0.404 e. The van der Waals surface area contributed by atoms with Crippen LogP contribution in [-0.2, 0) is 6.61 Å². The van der Waals surface area contributed by atoms with Gasteiger partial charge < -0.3 is 5.11 Å². The molecule has 0 atom stereocenters. The van der Waals surface area contributed by atoms with Gasteiger partial charge in [-0.1, -0.05) is 10.6 Å². The number of halogens is 2. The van der Waals surface area contributed by atoms with E-state index in [4.69, 9.17) is 16.7 Å². The van der Waals surface area contributed by atoms with Crippen LogP contribution in [-0.4, -0.2) is 5.11 Å². The number of rotatable bonds is 1. The topological polar surface area (TPSA) is 20.2 Å². The average molecular weight is 167 g/mol. The first-order valence-corrected chi connectivity index (χ1v) is 3.09. The molecule has 1 rings (SSSR count). The van der Waals surface area contributed by atoms with Crippen LogP contribution in [0.5, 0.6) is 0 Å². The van der Waals surface area contributed by atoms with Crippen LogP contribution in [0.3, 0.4) is 0 Å². The van der Waals surface area contributed by atoms with E-state index in [-0.39, 0.29) is 36.1 Å².